The number of nitrogens with zero attached hydrogens (tertiary/aromatic N) is 1. The summed E-state index contributed by atoms with van der Waals surface area (Å²) < 4.78 is 0. The van der Waals surface area contributed by atoms with Crippen molar-refractivity contribution < 1.29 is 9.90 Å². The maximum absolute atomic E-state index is 10.7. The average Bonchev–Trinajstić information content (AvgIpc) is 2.76. The summed E-state index contributed by atoms with van der Waals surface area (Å²) in [6.07, 6.45) is 1.32. The fourth-order valence-electron chi connectivity index (χ4n) is 2.42. The van der Waals surface area contributed by atoms with Crippen LogP contribution in [0.5, 0.6) is 0 Å². The van der Waals surface area contributed by atoms with E-state index in [4.69, 9.17) is 5.11 Å². The van der Waals surface area contributed by atoms with E-state index in [2.05, 4.69) is 43.0 Å². The Hall–Kier alpha value is -1.00. The molecule has 1 heterocycles. The Morgan fingerprint density at radius 3 is 2.84 bits per heavy atom. The Labute approximate surface area is 119 Å². The molecule has 1 aromatic carbocycles. The van der Waals surface area contributed by atoms with Crippen LogP contribution in [0.3, 0.4) is 0 Å². The molecule has 0 radical (unpaired) electrons. The van der Waals surface area contributed by atoms with Gasteiger partial charge in [0.25, 0.3) is 0 Å². The number of rotatable bonds is 6. The van der Waals surface area contributed by atoms with Gasteiger partial charge in [0.2, 0.25) is 0 Å². The van der Waals surface area contributed by atoms with Crippen LogP contribution in [0.4, 0.5) is 0 Å². The standard InChI is InChI=1S/C15H21NO2S/c1-11(2)16(8-7-15(17)18)10-13-9-12-5-3-4-6-14(12)19-13/h3-6,11,13H,7-10H2,1-2H3,(H,17,18). The minimum atomic E-state index is -0.715. The van der Waals surface area contributed by atoms with Gasteiger partial charge in [-0.1, -0.05) is 18.2 Å². The van der Waals surface area contributed by atoms with E-state index in [9.17, 15) is 4.79 Å². The quantitative estimate of drug-likeness (QED) is 0.869. The van der Waals surface area contributed by atoms with Gasteiger partial charge in [-0.25, -0.2) is 0 Å². The molecule has 0 saturated heterocycles. The van der Waals surface area contributed by atoms with Crippen LogP contribution in [0.2, 0.25) is 0 Å². The monoisotopic (exact) mass is 279 g/mol. The zero-order valence-electron chi connectivity index (χ0n) is 11.5. The largest absolute Gasteiger partial charge is 0.481 e. The molecule has 0 aliphatic carbocycles. The molecule has 1 aliphatic rings. The van der Waals surface area contributed by atoms with Crippen LogP contribution in [-0.4, -0.2) is 40.4 Å². The van der Waals surface area contributed by atoms with Crippen molar-refractivity contribution in [2.24, 2.45) is 0 Å². The third-order valence-corrected chi connectivity index (χ3v) is 4.80. The second kappa shape index (κ2) is 6.44. The van der Waals surface area contributed by atoms with Crippen LogP contribution in [0.1, 0.15) is 25.8 Å². The second-order valence-corrected chi connectivity index (χ2v) is 6.63. The highest BCUT2D eigenvalue weighted by Crippen LogP contribution is 2.37. The van der Waals surface area contributed by atoms with Gasteiger partial charge in [0, 0.05) is 29.3 Å². The molecule has 0 aromatic heterocycles. The lowest BCUT2D eigenvalue weighted by Gasteiger charge is -2.28. The Bertz CT molecular complexity index is 423. The van der Waals surface area contributed by atoms with Gasteiger partial charge in [0.1, 0.15) is 0 Å². The van der Waals surface area contributed by atoms with Crippen molar-refractivity contribution in [2.75, 3.05) is 13.1 Å². The fraction of sp³-hybridized carbons (Fsp3) is 0.533. The maximum atomic E-state index is 10.7. The normalized spacial score (nSPS) is 18.0. The highest BCUT2D eigenvalue weighted by atomic mass is 32.2. The number of carboxylic acids is 1. The highest BCUT2D eigenvalue weighted by Gasteiger charge is 2.25. The summed E-state index contributed by atoms with van der Waals surface area (Å²) >= 11 is 1.93. The van der Waals surface area contributed by atoms with Gasteiger partial charge < -0.3 is 5.11 Å². The third kappa shape index (κ3) is 3.98. The van der Waals surface area contributed by atoms with Gasteiger partial charge in [-0.05, 0) is 31.9 Å². The fourth-order valence-corrected chi connectivity index (χ4v) is 3.76. The van der Waals surface area contributed by atoms with Crippen LogP contribution in [0.25, 0.3) is 0 Å². The van der Waals surface area contributed by atoms with Crippen LogP contribution in [0, 0.1) is 0 Å². The molecule has 19 heavy (non-hydrogen) atoms. The minimum absolute atomic E-state index is 0.225. The Balaban J connectivity index is 1.91. The van der Waals surface area contributed by atoms with E-state index < -0.39 is 5.97 Å². The summed E-state index contributed by atoms with van der Waals surface area (Å²) in [5, 5.41) is 9.36. The van der Waals surface area contributed by atoms with E-state index >= 15 is 0 Å². The average molecular weight is 279 g/mol. The summed E-state index contributed by atoms with van der Waals surface area (Å²) in [4.78, 5) is 14.4. The second-order valence-electron chi connectivity index (χ2n) is 5.28. The van der Waals surface area contributed by atoms with Crippen LogP contribution in [-0.2, 0) is 11.2 Å². The highest BCUT2D eigenvalue weighted by molar-refractivity contribution is 8.00. The van der Waals surface area contributed by atoms with Crippen LogP contribution >= 0.6 is 11.8 Å². The molecule has 1 aromatic rings. The van der Waals surface area contributed by atoms with Gasteiger partial charge >= 0.3 is 5.97 Å². The molecule has 104 valence electrons. The van der Waals surface area contributed by atoms with Gasteiger partial charge in [0.05, 0.1) is 6.42 Å². The molecule has 0 bridgehead atoms. The predicted octanol–water partition coefficient (Wildman–Crippen LogP) is 2.89. The van der Waals surface area contributed by atoms with Crippen molar-refractivity contribution in [3.63, 3.8) is 0 Å². The maximum Gasteiger partial charge on any atom is 0.304 e. The lowest BCUT2D eigenvalue weighted by molar-refractivity contribution is -0.137. The smallest absolute Gasteiger partial charge is 0.304 e. The summed E-state index contributed by atoms with van der Waals surface area (Å²) in [5.74, 6) is -0.715. The first-order valence-corrected chi connectivity index (χ1v) is 7.64. The number of carboxylic acid groups (broad SMARTS) is 1. The molecule has 1 aliphatic heterocycles. The van der Waals surface area contributed by atoms with Crippen LogP contribution in [0.15, 0.2) is 29.2 Å². The zero-order chi connectivity index (χ0) is 13.8. The van der Waals surface area contributed by atoms with E-state index in [0.717, 1.165) is 13.0 Å². The van der Waals surface area contributed by atoms with Crippen molar-refractivity contribution >= 4 is 17.7 Å². The molecule has 3 nitrogen and oxygen atoms in total. The molecule has 0 fully saturated rings. The van der Waals surface area contributed by atoms with Gasteiger partial charge in [0.15, 0.2) is 0 Å². The molecular formula is C15H21NO2S. The third-order valence-electron chi connectivity index (χ3n) is 3.50. The lowest BCUT2D eigenvalue weighted by Crippen LogP contribution is -2.38. The van der Waals surface area contributed by atoms with Gasteiger partial charge in [-0.15, -0.1) is 11.8 Å². The van der Waals surface area contributed by atoms with E-state index in [1.54, 1.807) is 0 Å². The zero-order valence-corrected chi connectivity index (χ0v) is 12.3. The van der Waals surface area contributed by atoms with Crippen molar-refractivity contribution in [3.8, 4) is 0 Å². The summed E-state index contributed by atoms with van der Waals surface area (Å²) in [6, 6.07) is 8.94. The van der Waals surface area contributed by atoms with Gasteiger partial charge in [-0.3, -0.25) is 9.69 Å². The van der Waals surface area contributed by atoms with Crippen LogP contribution < -0.4 is 0 Å². The molecule has 1 N–H and O–H groups in total. The SMILES string of the molecule is CC(C)N(CCC(=O)O)CC1Cc2ccccc2S1. The Kier molecular flexibility index (Phi) is 4.88. The summed E-state index contributed by atoms with van der Waals surface area (Å²) in [6.45, 7) is 5.87. The van der Waals surface area contributed by atoms with E-state index in [1.807, 2.05) is 11.8 Å². The Morgan fingerprint density at radius 2 is 2.21 bits per heavy atom. The molecule has 1 atom stereocenters. The number of hydrogen-bond acceptors (Lipinski definition) is 3. The van der Waals surface area contributed by atoms with E-state index in [-0.39, 0.29) is 6.42 Å². The van der Waals surface area contributed by atoms with Crippen molar-refractivity contribution in [1.29, 1.82) is 0 Å². The predicted molar refractivity (Wildman–Crippen MR) is 78.8 cm³/mol. The molecule has 0 saturated carbocycles. The summed E-state index contributed by atoms with van der Waals surface area (Å²) in [7, 11) is 0. The van der Waals surface area contributed by atoms with Crippen molar-refractivity contribution in [1.82, 2.24) is 4.90 Å². The number of benzene rings is 1. The molecule has 1 unspecified atom stereocenters. The Morgan fingerprint density at radius 1 is 1.47 bits per heavy atom. The summed E-state index contributed by atoms with van der Waals surface area (Å²) in [5.41, 5.74) is 1.43. The molecule has 0 amide bonds. The lowest BCUT2D eigenvalue weighted by atomic mass is 10.1. The number of fused-ring (bicyclic) bond motifs is 1. The number of hydrogen-bond donors (Lipinski definition) is 1. The first-order valence-electron chi connectivity index (χ1n) is 6.76. The number of carbonyl (C=O) groups is 1. The molecular weight excluding hydrogens is 258 g/mol. The van der Waals surface area contributed by atoms with Crippen molar-refractivity contribution in [2.45, 2.75) is 42.9 Å². The topological polar surface area (TPSA) is 40.5 Å². The van der Waals surface area contributed by atoms with E-state index in [0.29, 0.717) is 17.8 Å². The van der Waals surface area contributed by atoms with Gasteiger partial charge in [-0.2, -0.15) is 0 Å². The number of thioether (sulfide) groups is 1. The minimum Gasteiger partial charge on any atom is -0.481 e. The van der Waals surface area contributed by atoms with Crippen molar-refractivity contribution in [3.05, 3.63) is 29.8 Å². The molecule has 2 rings (SSSR count). The first-order chi connectivity index (χ1) is 9.06. The number of aliphatic carboxylic acids is 1. The molecule has 0 spiro atoms. The first kappa shape index (κ1) is 14.4. The van der Waals surface area contributed by atoms with E-state index in [1.165, 1.54) is 10.5 Å². The molecule has 4 heteroatoms.